The molecule has 1 aliphatic heterocycles. The third-order valence-electron chi connectivity index (χ3n) is 3.52. The smallest absolute Gasteiger partial charge is 0.207 e. The van der Waals surface area contributed by atoms with Crippen LogP contribution >= 0.6 is 11.8 Å². The van der Waals surface area contributed by atoms with Crippen molar-refractivity contribution in [3.8, 4) is 0 Å². The average molecular weight is 359 g/mol. The minimum absolute atomic E-state index is 0.368. The Morgan fingerprint density at radius 1 is 1.04 bits per heavy atom. The summed E-state index contributed by atoms with van der Waals surface area (Å²) in [6, 6.07) is 6.25. The summed E-state index contributed by atoms with van der Waals surface area (Å²) in [4.78, 5) is 0.0457. The van der Waals surface area contributed by atoms with Crippen LogP contribution in [0, 0.1) is 17.5 Å². The zero-order valence-electron chi connectivity index (χ0n) is 11.7. The first-order chi connectivity index (χ1) is 10.9. The van der Waals surface area contributed by atoms with Crippen LogP contribution in [-0.4, -0.2) is 14.2 Å². The first-order valence-corrected chi connectivity index (χ1v) is 9.24. The lowest BCUT2D eigenvalue weighted by Gasteiger charge is -2.26. The normalized spacial score (nSPS) is 17.8. The van der Waals surface area contributed by atoms with Crippen molar-refractivity contribution in [1.29, 1.82) is 0 Å². The Balaban J connectivity index is 1.93. The SMILES string of the molecule is O=S(=O)(N[C@H]1CCSc2c(F)cccc21)c1ccc(F)c(F)c1. The van der Waals surface area contributed by atoms with E-state index in [-0.39, 0.29) is 4.90 Å². The van der Waals surface area contributed by atoms with E-state index in [1.165, 1.54) is 23.9 Å². The van der Waals surface area contributed by atoms with E-state index in [4.69, 9.17) is 0 Å². The Hall–Kier alpha value is -1.51. The first-order valence-electron chi connectivity index (χ1n) is 6.77. The zero-order chi connectivity index (χ0) is 16.6. The van der Waals surface area contributed by atoms with Gasteiger partial charge in [0.2, 0.25) is 10.0 Å². The molecule has 0 aromatic heterocycles. The van der Waals surface area contributed by atoms with Crippen molar-refractivity contribution in [3.05, 3.63) is 59.4 Å². The molecule has 0 amide bonds. The number of hydrogen-bond donors (Lipinski definition) is 1. The standard InChI is InChI=1S/C15H12F3NO2S2/c16-11-5-4-9(8-13(11)18)23(20,21)19-14-6-7-22-15-10(14)2-1-3-12(15)17/h1-5,8,14,19H,6-7H2/t14-/m0/s1. The third kappa shape index (κ3) is 3.24. The lowest BCUT2D eigenvalue weighted by atomic mass is 10.0. The monoisotopic (exact) mass is 359 g/mol. The molecule has 8 heteroatoms. The van der Waals surface area contributed by atoms with Gasteiger partial charge in [-0.05, 0) is 42.0 Å². The van der Waals surface area contributed by atoms with Gasteiger partial charge in [-0.25, -0.2) is 26.3 Å². The molecule has 0 unspecified atom stereocenters. The number of thioether (sulfide) groups is 1. The van der Waals surface area contributed by atoms with Gasteiger partial charge in [0.1, 0.15) is 5.82 Å². The van der Waals surface area contributed by atoms with E-state index in [1.54, 1.807) is 6.07 Å². The van der Waals surface area contributed by atoms with Crippen molar-refractivity contribution >= 4 is 21.8 Å². The predicted octanol–water partition coefficient (Wildman–Crippen LogP) is 3.62. The maximum absolute atomic E-state index is 13.8. The Morgan fingerprint density at radius 3 is 2.57 bits per heavy atom. The summed E-state index contributed by atoms with van der Waals surface area (Å²) in [5.41, 5.74) is 0.549. The molecule has 0 radical (unpaired) electrons. The van der Waals surface area contributed by atoms with Gasteiger partial charge in [0.15, 0.2) is 11.6 Å². The number of rotatable bonds is 3. The fourth-order valence-electron chi connectivity index (χ4n) is 2.41. The fraction of sp³-hybridized carbons (Fsp3) is 0.200. The molecule has 0 aliphatic carbocycles. The molecule has 2 aromatic rings. The Kier molecular flexibility index (Phi) is 4.39. The van der Waals surface area contributed by atoms with Crippen molar-refractivity contribution in [2.75, 3.05) is 5.75 Å². The van der Waals surface area contributed by atoms with Crippen molar-refractivity contribution in [2.24, 2.45) is 0 Å². The molecule has 0 saturated heterocycles. The molecule has 23 heavy (non-hydrogen) atoms. The van der Waals surface area contributed by atoms with E-state index in [0.717, 1.165) is 12.1 Å². The number of hydrogen-bond acceptors (Lipinski definition) is 3. The highest BCUT2D eigenvalue weighted by atomic mass is 32.2. The van der Waals surface area contributed by atoms with Gasteiger partial charge in [-0.3, -0.25) is 0 Å². The Morgan fingerprint density at radius 2 is 1.83 bits per heavy atom. The highest BCUT2D eigenvalue weighted by Gasteiger charge is 2.28. The van der Waals surface area contributed by atoms with Gasteiger partial charge in [0.25, 0.3) is 0 Å². The Bertz CT molecular complexity index is 856. The van der Waals surface area contributed by atoms with Gasteiger partial charge < -0.3 is 0 Å². The molecule has 0 saturated carbocycles. The summed E-state index contributed by atoms with van der Waals surface area (Å²) in [6.07, 6.45) is 0.476. The summed E-state index contributed by atoms with van der Waals surface area (Å²) in [5.74, 6) is -2.20. The van der Waals surface area contributed by atoms with E-state index in [1.807, 2.05) is 0 Å². The minimum Gasteiger partial charge on any atom is -0.207 e. The largest absolute Gasteiger partial charge is 0.241 e. The molecule has 1 N–H and O–H groups in total. The van der Waals surface area contributed by atoms with Crippen LogP contribution in [0.25, 0.3) is 0 Å². The lowest BCUT2D eigenvalue weighted by Crippen LogP contribution is -2.31. The van der Waals surface area contributed by atoms with Gasteiger partial charge in [-0.15, -0.1) is 11.8 Å². The molecule has 0 spiro atoms. The lowest BCUT2D eigenvalue weighted by molar-refractivity contribution is 0.502. The van der Waals surface area contributed by atoms with Crippen LogP contribution in [0.3, 0.4) is 0 Å². The van der Waals surface area contributed by atoms with Gasteiger partial charge in [-0.1, -0.05) is 12.1 Å². The summed E-state index contributed by atoms with van der Waals surface area (Å²) < 4.78 is 67.2. The Labute approximate surface area is 136 Å². The van der Waals surface area contributed by atoms with Crippen LogP contribution in [0.2, 0.25) is 0 Å². The third-order valence-corrected chi connectivity index (χ3v) is 6.15. The molecule has 1 aliphatic rings. The van der Waals surface area contributed by atoms with Gasteiger partial charge in [0, 0.05) is 10.9 Å². The second-order valence-corrected chi connectivity index (χ2v) is 7.86. The van der Waals surface area contributed by atoms with E-state index in [0.29, 0.717) is 28.7 Å². The summed E-state index contributed by atoms with van der Waals surface area (Å²) in [6.45, 7) is 0. The molecule has 2 aromatic carbocycles. The van der Waals surface area contributed by atoms with Crippen LogP contribution in [0.5, 0.6) is 0 Å². The van der Waals surface area contributed by atoms with Gasteiger partial charge in [-0.2, -0.15) is 0 Å². The van der Waals surface area contributed by atoms with Crippen LogP contribution in [0.15, 0.2) is 46.2 Å². The summed E-state index contributed by atoms with van der Waals surface area (Å²) >= 11 is 1.33. The molecule has 3 nitrogen and oxygen atoms in total. The topological polar surface area (TPSA) is 46.2 Å². The second kappa shape index (κ2) is 6.18. The van der Waals surface area contributed by atoms with E-state index in [9.17, 15) is 21.6 Å². The zero-order valence-corrected chi connectivity index (χ0v) is 13.4. The van der Waals surface area contributed by atoms with E-state index in [2.05, 4.69) is 4.72 Å². The molecule has 1 atom stereocenters. The fourth-order valence-corrected chi connectivity index (χ4v) is 4.81. The van der Waals surface area contributed by atoms with E-state index < -0.39 is 33.5 Å². The quantitative estimate of drug-likeness (QED) is 0.911. The van der Waals surface area contributed by atoms with Crippen LogP contribution < -0.4 is 4.72 Å². The molecule has 0 bridgehead atoms. The summed E-state index contributed by atoms with van der Waals surface area (Å²) in [5, 5.41) is 0. The average Bonchev–Trinajstić information content (AvgIpc) is 2.51. The molecule has 3 rings (SSSR count). The number of nitrogens with one attached hydrogen (secondary N) is 1. The van der Waals surface area contributed by atoms with Crippen LogP contribution in [0.4, 0.5) is 13.2 Å². The molecule has 122 valence electrons. The van der Waals surface area contributed by atoms with Crippen LogP contribution in [0.1, 0.15) is 18.0 Å². The molecule has 1 heterocycles. The number of fused-ring (bicyclic) bond motifs is 1. The number of halogens is 3. The van der Waals surface area contributed by atoms with Crippen molar-refractivity contribution in [3.63, 3.8) is 0 Å². The predicted molar refractivity (Wildman–Crippen MR) is 81.2 cm³/mol. The second-order valence-electron chi connectivity index (χ2n) is 5.05. The number of benzene rings is 2. The first kappa shape index (κ1) is 16.4. The van der Waals surface area contributed by atoms with Gasteiger partial charge in [0.05, 0.1) is 4.90 Å². The van der Waals surface area contributed by atoms with E-state index >= 15 is 0 Å². The molecular formula is C15H12F3NO2S2. The van der Waals surface area contributed by atoms with Crippen molar-refractivity contribution < 1.29 is 21.6 Å². The molecular weight excluding hydrogens is 347 g/mol. The maximum Gasteiger partial charge on any atom is 0.241 e. The highest BCUT2D eigenvalue weighted by molar-refractivity contribution is 7.99. The van der Waals surface area contributed by atoms with Crippen molar-refractivity contribution in [2.45, 2.75) is 22.3 Å². The highest BCUT2D eigenvalue weighted by Crippen LogP contribution is 2.38. The minimum atomic E-state index is -4.04. The maximum atomic E-state index is 13.8. The summed E-state index contributed by atoms with van der Waals surface area (Å²) in [7, 11) is -4.04. The van der Waals surface area contributed by atoms with Gasteiger partial charge >= 0.3 is 0 Å². The van der Waals surface area contributed by atoms with Crippen molar-refractivity contribution in [1.82, 2.24) is 4.72 Å². The van der Waals surface area contributed by atoms with Crippen LogP contribution in [-0.2, 0) is 10.0 Å². The number of sulfonamides is 1. The molecule has 0 fully saturated rings.